The zero-order valence-electron chi connectivity index (χ0n) is 17.3. The molecule has 6 heteroatoms. The van der Waals surface area contributed by atoms with Crippen molar-refractivity contribution in [3.05, 3.63) is 72.3 Å². The number of benzene rings is 2. The van der Waals surface area contributed by atoms with Gasteiger partial charge < -0.3 is 15.0 Å². The summed E-state index contributed by atoms with van der Waals surface area (Å²) in [6.45, 7) is 6.63. The molecular formula is C24H26N4O2. The molecule has 0 fully saturated rings. The third kappa shape index (κ3) is 4.59. The summed E-state index contributed by atoms with van der Waals surface area (Å²) in [6.07, 6.45) is 3.40. The van der Waals surface area contributed by atoms with Crippen molar-refractivity contribution in [1.29, 1.82) is 0 Å². The number of nitrogens with zero attached hydrogens (tertiary/aromatic N) is 3. The van der Waals surface area contributed by atoms with Gasteiger partial charge in [0.05, 0.1) is 18.7 Å². The van der Waals surface area contributed by atoms with Gasteiger partial charge in [-0.2, -0.15) is 0 Å². The van der Waals surface area contributed by atoms with Gasteiger partial charge >= 0.3 is 0 Å². The molecule has 0 radical (unpaired) electrons. The van der Waals surface area contributed by atoms with Crippen LogP contribution >= 0.6 is 0 Å². The van der Waals surface area contributed by atoms with Crippen molar-refractivity contribution >= 4 is 11.6 Å². The average molecular weight is 402 g/mol. The summed E-state index contributed by atoms with van der Waals surface area (Å²) in [5.41, 5.74) is 3.57. The van der Waals surface area contributed by atoms with Gasteiger partial charge in [0.25, 0.3) is 5.91 Å². The zero-order chi connectivity index (χ0) is 20.9. The minimum atomic E-state index is -0.0128. The molecule has 1 aliphatic heterocycles. The van der Waals surface area contributed by atoms with E-state index in [-0.39, 0.29) is 5.91 Å². The van der Waals surface area contributed by atoms with Gasteiger partial charge in [-0.05, 0) is 47.4 Å². The van der Waals surface area contributed by atoms with Crippen molar-refractivity contribution in [2.75, 3.05) is 25.0 Å². The molecule has 0 unspecified atom stereocenters. The summed E-state index contributed by atoms with van der Waals surface area (Å²) in [6, 6.07) is 15.8. The molecule has 154 valence electrons. The summed E-state index contributed by atoms with van der Waals surface area (Å²) in [7, 11) is 0. The minimum Gasteiger partial charge on any atom is -0.493 e. The highest BCUT2D eigenvalue weighted by molar-refractivity contribution is 6.01. The van der Waals surface area contributed by atoms with Crippen LogP contribution in [-0.2, 0) is 6.54 Å². The fraction of sp³-hybridized carbons (Fsp3) is 0.292. The Morgan fingerprint density at radius 2 is 1.80 bits per heavy atom. The van der Waals surface area contributed by atoms with Gasteiger partial charge in [0.15, 0.2) is 0 Å². The van der Waals surface area contributed by atoms with Gasteiger partial charge in [-0.1, -0.05) is 32.0 Å². The molecule has 30 heavy (non-hydrogen) atoms. The molecule has 1 N–H and O–H groups in total. The number of hydrogen-bond donors (Lipinski definition) is 1. The Balaban J connectivity index is 1.56. The fourth-order valence-corrected chi connectivity index (χ4v) is 3.39. The molecule has 0 atom stereocenters. The molecule has 1 aliphatic rings. The number of hydrogen-bond acceptors (Lipinski definition) is 5. The van der Waals surface area contributed by atoms with Crippen molar-refractivity contribution in [2.24, 2.45) is 5.92 Å². The van der Waals surface area contributed by atoms with E-state index >= 15 is 0 Å². The second kappa shape index (κ2) is 8.95. The average Bonchev–Trinajstić information content (AvgIpc) is 2.92. The molecule has 0 saturated heterocycles. The Morgan fingerprint density at radius 1 is 1.07 bits per heavy atom. The van der Waals surface area contributed by atoms with Crippen LogP contribution in [0.4, 0.5) is 5.69 Å². The van der Waals surface area contributed by atoms with Crippen LogP contribution < -0.4 is 10.1 Å². The monoisotopic (exact) mass is 402 g/mol. The fourth-order valence-electron chi connectivity index (χ4n) is 3.39. The van der Waals surface area contributed by atoms with Crippen LogP contribution in [0.1, 0.15) is 30.0 Å². The summed E-state index contributed by atoms with van der Waals surface area (Å²) in [5.74, 6) is 1.97. The van der Waals surface area contributed by atoms with E-state index in [1.54, 1.807) is 23.4 Å². The van der Waals surface area contributed by atoms with Crippen molar-refractivity contribution in [2.45, 2.75) is 20.4 Å². The van der Waals surface area contributed by atoms with Gasteiger partial charge in [-0.25, -0.2) is 9.97 Å². The number of rotatable bonds is 6. The lowest BCUT2D eigenvalue weighted by molar-refractivity contribution is 0.0751. The van der Waals surface area contributed by atoms with E-state index in [1.165, 1.54) is 0 Å². The molecule has 1 aromatic heterocycles. The Morgan fingerprint density at radius 3 is 2.53 bits per heavy atom. The lowest BCUT2D eigenvalue weighted by Crippen LogP contribution is -2.32. The Labute approximate surface area is 176 Å². The van der Waals surface area contributed by atoms with Crippen LogP contribution in [0.3, 0.4) is 0 Å². The number of carbonyl (C=O) groups is 1. The Bertz CT molecular complexity index is 1000. The molecule has 2 heterocycles. The van der Waals surface area contributed by atoms with Gasteiger partial charge in [-0.15, -0.1) is 0 Å². The zero-order valence-corrected chi connectivity index (χ0v) is 17.3. The van der Waals surface area contributed by atoms with E-state index in [4.69, 9.17) is 4.74 Å². The number of aromatic nitrogens is 2. The summed E-state index contributed by atoms with van der Waals surface area (Å²) >= 11 is 0. The third-order valence-electron chi connectivity index (χ3n) is 4.96. The second-order valence-electron chi connectivity index (χ2n) is 7.81. The number of fused-ring (bicyclic) bond motifs is 1. The van der Waals surface area contributed by atoms with Crippen molar-refractivity contribution in [1.82, 2.24) is 14.9 Å². The smallest absolute Gasteiger partial charge is 0.256 e. The third-order valence-corrected chi connectivity index (χ3v) is 4.96. The number of ether oxygens (including phenoxy) is 1. The second-order valence-corrected chi connectivity index (χ2v) is 7.81. The van der Waals surface area contributed by atoms with Gasteiger partial charge in [0.2, 0.25) is 0 Å². The van der Waals surface area contributed by atoms with Gasteiger partial charge in [0.1, 0.15) is 11.6 Å². The molecule has 3 aromatic rings. The standard InChI is InChI=1S/C24H26N4O2/c1-17(2)16-30-20-7-4-18(5-8-20)19-6-9-22-21(14-19)24(29)28(13-12-25-22)15-23-26-10-3-11-27-23/h3-11,14,17,25H,12-13,15-16H2,1-2H3. The summed E-state index contributed by atoms with van der Waals surface area (Å²) in [4.78, 5) is 23.5. The van der Waals surface area contributed by atoms with Crippen LogP contribution in [0, 0.1) is 5.92 Å². The van der Waals surface area contributed by atoms with Crippen molar-refractivity contribution < 1.29 is 9.53 Å². The van der Waals surface area contributed by atoms with Crippen LogP contribution in [0.25, 0.3) is 11.1 Å². The maximum atomic E-state index is 13.2. The van der Waals surface area contributed by atoms with E-state index in [0.717, 1.165) is 22.6 Å². The molecular weight excluding hydrogens is 376 g/mol. The first kappa shape index (κ1) is 19.9. The van der Waals surface area contributed by atoms with Crippen molar-refractivity contribution in [3.63, 3.8) is 0 Å². The maximum Gasteiger partial charge on any atom is 0.256 e. The molecule has 1 amide bonds. The summed E-state index contributed by atoms with van der Waals surface area (Å²) < 4.78 is 5.77. The molecule has 0 aliphatic carbocycles. The lowest BCUT2D eigenvalue weighted by atomic mass is 10.0. The molecule has 6 nitrogen and oxygen atoms in total. The molecule has 0 saturated carbocycles. The lowest BCUT2D eigenvalue weighted by Gasteiger charge is -2.19. The van der Waals surface area contributed by atoms with E-state index < -0.39 is 0 Å². The maximum absolute atomic E-state index is 13.2. The van der Waals surface area contributed by atoms with Crippen LogP contribution in [-0.4, -0.2) is 40.5 Å². The predicted molar refractivity (Wildman–Crippen MR) is 117 cm³/mol. The molecule has 0 bridgehead atoms. The Hall–Kier alpha value is -3.41. The van der Waals surface area contributed by atoms with Crippen molar-refractivity contribution in [3.8, 4) is 16.9 Å². The highest BCUT2D eigenvalue weighted by Gasteiger charge is 2.23. The number of nitrogens with one attached hydrogen (secondary N) is 1. The molecule has 2 aromatic carbocycles. The van der Waals surface area contributed by atoms with E-state index in [9.17, 15) is 4.79 Å². The first-order chi connectivity index (χ1) is 14.6. The minimum absolute atomic E-state index is 0.0128. The van der Waals surface area contributed by atoms with Crippen LogP contribution in [0.5, 0.6) is 5.75 Å². The molecule has 0 spiro atoms. The predicted octanol–water partition coefficient (Wildman–Crippen LogP) is 4.25. The summed E-state index contributed by atoms with van der Waals surface area (Å²) in [5, 5.41) is 3.36. The normalized spacial score (nSPS) is 13.6. The number of anilines is 1. The van der Waals surface area contributed by atoms with Gasteiger partial charge in [-0.3, -0.25) is 4.79 Å². The van der Waals surface area contributed by atoms with Crippen LogP contribution in [0.15, 0.2) is 60.9 Å². The van der Waals surface area contributed by atoms with Crippen LogP contribution in [0.2, 0.25) is 0 Å². The first-order valence-electron chi connectivity index (χ1n) is 10.3. The quantitative estimate of drug-likeness (QED) is 0.668. The van der Waals surface area contributed by atoms with E-state index in [2.05, 4.69) is 29.1 Å². The topological polar surface area (TPSA) is 67.3 Å². The Kier molecular flexibility index (Phi) is 5.93. The van der Waals surface area contributed by atoms with Gasteiger partial charge in [0, 0.05) is 31.2 Å². The number of amides is 1. The van der Waals surface area contributed by atoms with E-state index in [1.807, 2.05) is 42.5 Å². The first-order valence-corrected chi connectivity index (χ1v) is 10.3. The highest BCUT2D eigenvalue weighted by Crippen LogP contribution is 2.29. The van der Waals surface area contributed by atoms with E-state index in [0.29, 0.717) is 43.5 Å². The number of carbonyl (C=O) groups excluding carboxylic acids is 1. The molecule has 4 rings (SSSR count). The largest absolute Gasteiger partial charge is 0.493 e. The SMILES string of the molecule is CC(C)COc1ccc(-c2ccc3c(c2)C(=O)N(Cc2ncccn2)CCN3)cc1. The highest BCUT2D eigenvalue weighted by atomic mass is 16.5.